The summed E-state index contributed by atoms with van der Waals surface area (Å²) in [5, 5.41) is 66.9. The van der Waals surface area contributed by atoms with E-state index in [0.717, 1.165) is 4.90 Å². The van der Waals surface area contributed by atoms with Crippen molar-refractivity contribution in [2.75, 3.05) is 210 Å². The lowest BCUT2D eigenvalue weighted by Crippen LogP contribution is -2.61. The van der Waals surface area contributed by atoms with Crippen molar-refractivity contribution in [1.29, 1.82) is 0 Å². The number of fused-ring (bicyclic) bond motifs is 4. The Bertz CT molecular complexity index is 3320. The molecule has 0 aliphatic carbocycles. The number of ether oxygens (including phenoxy) is 12. The van der Waals surface area contributed by atoms with Crippen molar-refractivity contribution in [1.82, 2.24) is 57.7 Å². The van der Waals surface area contributed by atoms with E-state index in [-0.39, 0.29) is 49.8 Å². The predicted molar refractivity (Wildman–Crippen MR) is 436 cm³/mol. The molecule has 2 aromatic rings. The van der Waals surface area contributed by atoms with E-state index in [1.807, 2.05) is 13.8 Å². The van der Waals surface area contributed by atoms with Crippen LogP contribution >= 0.6 is 34.4 Å². The molecule has 7 unspecified atom stereocenters. The van der Waals surface area contributed by atoms with Gasteiger partial charge in [0.25, 0.3) is 3.91 Å². The molecule has 1 aromatic carbocycles. The number of aliphatic hydroxyl groups excluding tert-OH is 4. The second kappa shape index (κ2) is 61.0. The van der Waals surface area contributed by atoms with Gasteiger partial charge in [-0.1, -0.05) is 34.1 Å². The van der Waals surface area contributed by atoms with Gasteiger partial charge in [-0.05, 0) is 48.6 Å². The maximum Gasteiger partial charge on any atom is 0.281 e. The second-order valence-electron chi connectivity index (χ2n) is 26.9. The summed E-state index contributed by atoms with van der Waals surface area (Å²) >= 11 is 3.02. The van der Waals surface area contributed by atoms with E-state index in [0.29, 0.717) is 210 Å². The first-order chi connectivity index (χ1) is 56.0. The Hall–Kier alpha value is -6.38. The molecule has 0 saturated carbocycles. The van der Waals surface area contributed by atoms with Crippen LogP contribution in [-0.2, 0) is 113 Å². The summed E-state index contributed by atoms with van der Waals surface area (Å²) in [6, 6.07) is -4.35. The molecule has 2 aliphatic heterocycles. The number of aldehydes is 1. The lowest BCUT2D eigenvalue weighted by Gasteiger charge is -2.32. The summed E-state index contributed by atoms with van der Waals surface area (Å²) in [6.07, 6.45) is 0.614. The number of amides is 8. The van der Waals surface area contributed by atoms with Gasteiger partial charge in [0.05, 0.1) is 213 Å². The van der Waals surface area contributed by atoms with Crippen LogP contribution in [0.25, 0.3) is 10.9 Å². The van der Waals surface area contributed by atoms with Crippen LogP contribution in [-0.4, -0.2) is 351 Å². The zero-order chi connectivity index (χ0) is 84.8. The third kappa shape index (κ3) is 41.1. The standard InChI is InChI=1S/C74H124IN13O26S2/c1-6-49(3)58(83-66(96)44-81-74(75)101)42-79-43-65(95)84-59-48-116(102)72-55(37-52(7-2)82-71(99)67(50(4)61(92)46-90)86-70(98)60-38-53(91)45-88(60)73(100)57(39-63(77)93)85-69(59)97)54-10-11-62(103-5)56(68(54)87-72)47-115-36-35-114-34-33-113-32-31-112-30-29-111-28-27-110-26-25-109-24-23-108-22-21-107-20-19-106-18-17-105-16-15-104-14-12-78-40-51(76)41-80-64(94)9-8-13-89/h8-11,13,40,49-50,52-53,57-61,64,67,78-80,87,90-92,94H,6-7,12,14-39,41-48,76H2,1-5H3,(H2,77,93)(H,81,101)(H,82,99)(H,83,96)(H,84,95)(H,85,97)(H,86,98)/b9-8-,51-40-/t49-,50-,52+,53+,57?,58?,59?,60?,61-,64?,67?,116?/m0/s1. The van der Waals surface area contributed by atoms with E-state index in [9.17, 15) is 63.6 Å². The Morgan fingerprint density at radius 3 is 1.82 bits per heavy atom. The molecule has 18 N–H and O–H groups in total. The van der Waals surface area contributed by atoms with Gasteiger partial charge in [0, 0.05) is 108 Å². The molecule has 39 nitrogen and oxygen atoms in total. The summed E-state index contributed by atoms with van der Waals surface area (Å²) in [5.41, 5.74) is 13.6. The minimum Gasteiger partial charge on any atom is -0.496 e. The lowest BCUT2D eigenvalue weighted by atomic mass is 9.93. The molecule has 0 spiro atoms. The van der Waals surface area contributed by atoms with Crippen LogP contribution in [0.5, 0.6) is 5.75 Å². The highest BCUT2D eigenvalue weighted by molar-refractivity contribution is 14.1. The lowest BCUT2D eigenvalue weighted by molar-refractivity contribution is -0.144. The zero-order valence-electron chi connectivity index (χ0n) is 67.0. The Kier molecular flexibility index (Phi) is 53.6. The third-order valence-corrected chi connectivity index (χ3v) is 21.0. The van der Waals surface area contributed by atoms with E-state index >= 15 is 4.21 Å². The monoisotopic (exact) mass is 1800 g/mol. The van der Waals surface area contributed by atoms with E-state index in [4.69, 9.17) is 68.3 Å². The second-order valence-corrected chi connectivity index (χ2v) is 30.4. The van der Waals surface area contributed by atoms with Crippen molar-refractivity contribution >= 4 is 108 Å². The molecular weight excluding hydrogens is 1680 g/mol. The van der Waals surface area contributed by atoms with Crippen LogP contribution in [0, 0.1) is 11.8 Å². The van der Waals surface area contributed by atoms with Crippen molar-refractivity contribution in [3.63, 3.8) is 0 Å². The first kappa shape index (κ1) is 102. The number of carbonyl (C=O) groups is 9. The van der Waals surface area contributed by atoms with Gasteiger partial charge in [-0.15, -0.1) is 0 Å². The van der Waals surface area contributed by atoms with Crippen LogP contribution in [0.1, 0.15) is 64.5 Å². The van der Waals surface area contributed by atoms with Crippen molar-refractivity contribution < 1.29 is 125 Å². The van der Waals surface area contributed by atoms with Gasteiger partial charge in [-0.2, -0.15) is 11.8 Å². The van der Waals surface area contributed by atoms with E-state index in [1.165, 1.54) is 60.5 Å². The number of aromatic nitrogens is 1. The first-order valence-electron chi connectivity index (χ1n) is 38.9. The van der Waals surface area contributed by atoms with Gasteiger partial charge >= 0.3 is 0 Å². The number of primary amides is 1. The Morgan fingerprint density at radius 1 is 0.741 bits per heavy atom. The highest BCUT2D eigenvalue weighted by Gasteiger charge is 2.45. The molecule has 116 heavy (non-hydrogen) atoms. The number of thioether (sulfide) groups is 1. The number of nitrogens with two attached hydrogens (primary N) is 2. The molecule has 2 aliphatic rings. The number of methoxy groups -OCH3 is 1. The molecule has 660 valence electrons. The molecule has 12 atom stereocenters. The van der Waals surface area contributed by atoms with Crippen molar-refractivity contribution in [3.8, 4) is 5.75 Å². The number of rotatable bonds is 61. The fraction of sp³-hybridized carbons (Fsp3) is 0.716. The summed E-state index contributed by atoms with van der Waals surface area (Å²) in [4.78, 5) is 124. The van der Waals surface area contributed by atoms with Crippen LogP contribution in [0.3, 0.4) is 0 Å². The van der Waals surface area contributed by atoms with Crippen LogP contribution in [0.2, 0.25) is 0 Å². The molecule has 4 rings (SSSR count). The number of allylic oxidation sites excluding steroid dienone is 1. The Balaban J connectivity index is 1.23. The van der Waals surface area contributed by atoms with E-state index in [2.05, 4.69) is 52.8 Å². The summed E-state index contributed by atoms with van der Waals surface area (Å²) in [5.74, 6) is -6.70. The highest BCUT2D eigenvalue weighted by Crippen LogP contribution is 2.36. The molecular formula is C74H124IN13O26S2. The highest BCUT2D eigenvalue weighted by atomic mass is 127. The normalized spacial score (nSPS) is 19.9. The smallest absolute Gasteiger partial charge is 0.281 e. The number of carbonyl (C=O) groups excluding carboxylic acids is 9. The Labute approximate surface area is 697 Å². The molecule has 42 heteroatoms. The predicted octanol–water partition coefficient (Wildman–Crippen LogP) is -3.25. The number of aromatic amines is 1. The van der Waals surface area contributed by atoms with E-state index < -0.39 is 149 Å². The largest absolute Gasteiger partial charge is 0.496 e. The third-order valence-electron chi connectivity index (χ3n) is 18.2. The molecule has 8 amide bonds. The SMILES string of the molecule is CC[C@@H]1Cc2c([nH]c3c(CSCCOCCOCCOCCOCCOCCOCCOCCOCCOCCOCCOCCN/C=C(\N)CNC(O)/C=C\C=O)c(OC)ccc23)S(=O)CC(NC(=O)CNCC(NC(=O)CNC(=O)I)[C@@H](C)CC)C(=O)NC(CC(N)=O)C(=O)N2C[C@H](O)CC2C(=O)NC([C@@H](C)[C@@H](O)CO)C(=O)N1. The van der Waals surface area contributed by atoms with Crippen LogP contribution in [0.4, 0.5) is 4.79 Å². The average Bonchev–Trinajstić information content (AvgIpc) is 1.61. The molecule has 3 heterocycles. The van der Waals surface area contributed by atoms with Gasteiger partial charge in [0.1, 0.15) is 47.5 Å². The zero-order valence-corrected chi connectivity index (χ0v) is 70.8. The maximum atomic E-state index is 15.4. The average molecular weight is 1800 g/mol. The van der Waals surface area contributed by atoms with Crippen molar-refractivity contribution in [3.05, 3.63) is 47.3 Å². The molecule has 1 aromatic heterocycles. The van der Waals surface area contributed by atoms with Crippen LogP contribution in [0.15, 0.2) is 41.2 Å². The Morgan fingerprint density at radius 2 is 1.30 bits per heavy atom. The number of halogens is 1. The minimum absolute atomic E-state index is 0.00993. The van der Waals surface area contributed by atoms with Crippen LogP contribution < -0.4 is 64.1 Å². The van der Waals surface area contributed by atoms with Gasteiger partial charge in [0.15, 0.2) is 0 Å². The van der Waals surface area contributed by atoms with Crippen molar-refractivity contribution in [2.24, 2.45) is 23.3 Å². The molecule has 0 radical (unpaired) electrons. The number of hydrogen-bond acceptors (Lipinski definition) is 31. The summed E-state index contributed by atoms with van der Waals surface area (Å²) in [7, 11) is -0.763. The molecule has 1 fully saturated rings. The topological polar surface area (TPSA) is 542 Å². The minimum atomic E-state index is -2.26. The summed E-state index contributed by atoms with van der Waals surface area (Å²) in [6.45, 7) is 14.7. The first-order valence-corrected chi connectivity index (χ1v) is 42.4. The van der Waals surface area contributed by atoms with Gasteiger partial charge in [0.2, 0.25) is 41.4 Å². The number of nitrogens with one attached hydrogen (secondary N) is 10. The number of nitrogens with zero attached hydrogens (tertiary/aromatic N) is 1. The van der Waals surface area contributed by atoms with Gasteiger partial charge < -0.3 is 141 Å². The van der Waals surface area contributed by atoms with Gasteiger partial charge in [-0.25, -0.2) is 0 Å². The van der Waals surface area contributed by atoms with Gasteiger partial charge in [-0.3, -0.25) is 52.7 Å². The quantitative estimate of drug-likeness (QED) is 0.00588. The van der Waals surface area contributed by atoms with Crippen molar-refractivity contribution in [2.45, 2.75) is 125 Å². The molecule has 0 bridgehead atoms. The fourth-order valence-electron chi connectivity index (χ4n) is 11.7. The number of H-pyrrole nitrogens is 1. The number of hydrogen-bond donors (Lipinski definition) is 16. The van der Waals surface area contributed by atoms with E-state index in [1.54, 1.807) is 25.3 Å². The molecule has 1 saturated heterocycles. The number of aliphatic hydroxyl groups is 4. The maximum absolute atomic E-state index is 15.4. The summed E-state index contributed by atoms with van der Waals surface area (Å²) < 4.78 is 82.3. The fourth-order valence-corrected chi connectivity index (χ4v) is 14.1. The number of benzene rings is 1.